The van der Waals surface area contributed by atoms with Crippen LogP contribution in [0.2, 0.25) is 0 Å². The standard InChI is InChI=1S/C14H27N3O/c1-10(2)11(8-9-15)6-7-12-16-13(17-18-12)14(3,4)5/h10-11H,6-9,15H2,1-5H3. The van der Waals surface area contributed by atoms with Crippen molar-refractivity contribution < 1.29 is 4.52 Å². The topological polar surface area (TPSA) is 64.9 Å². The van der Waals surface area contributed by atoms with Crippen molar-refractivity contribution in [3.05, 3.63) is 11.7 Å². The van der Waals surface area contributed by atoms with Gasteiger partial charge in [-0.1, -0.05) is 39.8 Å². The van der Waals surface area contributed by atoms with Gasteiger partial charge in [-0.05, 0) is 31.2 Å². The molecular weight excluding hydrogens is 226 g/mol. The van der Waals surface area contributed by atoms with Gasteiger partial charge in [-0.25, -0.2) is 0 Å². The first-order valence-electron chi connectivity index (χ1n) is 6.87. The number of nitrogens with zero attached hydrogens (tertiary/aromatic N) is 2. The van der Waals surface area contributed by atoms with Crippen molar-refractivity contribution in [2.45, 2.75) is 59.3 Å². The molecule has 4 heteroatoms. The second-order valence-corrected chi connectivity index (χ2v) is 6.38. The van der Waals surface area contributed by atoms with E-state index in [-0.39, 0.29) is 5.41 Å². The van der Waals surface area contributed by atoms with Crippen LogP contribution in [0, 0.1) is 11.8 Å². The van der Waals surface area contributed by atoms with E-state index in [0.29, 0.717) is 11.8 Å². The Morgan fingerprint density at radius 1 is 1.22 bits per heavy atom. The van der Waals surface area contributed by atoms with Crippen LogP contribution in [0.15, 0.2) is 4.52 Å². The minimum atomic E-state index is -0.0452. The summed E-state index contributed by atoms with van der Waals surface area (Å²) in [6.45, 7) is 11.5. The van der Waals surface area contributed by atoms with Gasteiger partial charge < -0.3 is 10.3 Å². The Hall–Kier alpha value is -0.900. The molecule has 0 fully saturated rings. The van der Waals surface area contributed by atoms with Crippen molar-refractivity contribution in [1.29, 1.82) is 0 Å². The van der Waals surface area contributed by atoms with Crippen LogP contribution in [-0.2, 0) is 11.8 Å². The zero-order chi connectivity index (χ0) is 13.8. The predicted molar refractivity (Wildman–Crippen MR) is 73.3 cm³/mol. The van der Waals surface area contributed by atoms with E-state index in [4.69, 9.17) is 10.3 Å². The van der Waals surface area contributed by atoms with Crippen LogP contribution in [0.1, 0.15) is 59.2 Å². The highest BCUT2D eigenvalue weighted by Crippen LogP contribution is 2.22. The van der Waals surface area contributed by atoms with Crippen LogP contribution in [-0.4, -0.2) is 16.7 Å². The quantitative estimate of drug-likeness (QED) is 0.846. The first-order chi connectivity index (χ1) is 8.34. The van der Waals surface area contributed by atoms with Crippen LogP contribution in [0.25, 0.3) is 0 Å². The monoisotopic (exact) mass is 253 g/mol. The van der Waals surface area contributed by atoms with Crippen LogP contribution in [0.3, 0.4) is 0 Å². The molecule has 0 aliphatic rings. The molecule has 0 radical (unpaired) electrons. The van der Waals surface area contributed by atoms with Crippen molar-refractivity contribution in [3.8, 4) is 0 Å². The SMILES string of the molecule is CC(C)C(CCN)CCc1nc(C(C)(C)C)no1. The summed E-state index contributed by atoms with van der Waals surface area (Å²) in [5, 5.41) is 4.05. The zero-order valence-electron chi connectivity index (χ0n) is 12.4. The molecule has 0 bridgehead atoms. The average Bonchev–Trinajstić information content (AvgIpc) is 2.71. The number of hydrogen-bond donors (Lipinski definition) is 1. The van der Waals surface area contributed by atoms with Crippen molar-refractivity contribution in [1.82, 2.24) is 10.1 Å². The van der Waals surface area contributed by atoms with Gasteiger partial charge in [0.05, 0.1) is 0 Å². The van der Waals surface area contributed by atoms with Gasteiger partial charge in [-0.15, -0.1) is 0 Å². The van der Waals surface area contributed by atoms with Crippen LogP contribution < -0.4 is 5.73 Å². The number of hydrogen-bond acceptors (Lipinski definition) is 4. The van der Waals surface area contributed by atoms with Crippen LogP contribution in [0.5, 0.6) is 0 Å². The van der Waals surface area contributed by atoms with Crippen molar-refractivity contribution in [3.63, 3.8) is 0 Å². The Labute approximate surface area is 110 Å². The van der Waals surface area contributed by atoms with Gasteiger partial charge in [0.1, 0.15) is 0 Å². The normalized spacial score (nSPS) is 14.2. The van der Waals surface area contributed by atoms with E-state index in [0.717, 1.165) is 37.5 Å². The molecule has 4 nitrogen and oxygen atoms in total. The van der Waals surface area contributed by atoms with Gasteiger partial charge in [0, 0.05) is 11.8 Å². The van der Waals surface area contributed by atoms with E-state index in [1.807, 2.05) is 0 Å². The molecule has 0 aliphatic heterocycles. The number of rotatable bonds is 6. The highest BCUT2D eigenvalue weighted by atomic mass is 16.5. The van der Waals surface area contributed by atoms with Crippen LogP contribution >= 0.6 is 0 Å². The zero-order valence-corrected chi connectivity index (χ0v) is 12.4. The second-order valence-electron chi connectivity index (χ2n) is 6.38. The summed E-state index contributed by atoms with van der Waals surface area (Å²) in [7, 11) is 0. The van der Waals surface area contributed by atoms with E-state index in [1.165, 1.54) is 0 Å². The second kappa shape index (κ2) is 6.32. The molecule has 0 amide bonds. The lowest BCUT2D eigenvalue weighted by Gasteiger charge is -2.18. The molecule has 104 valence electrons. The third-order valence-corrected chi connectivity index (χ3v) is 3.35. The molecule has 1 heterocycles. The molecule has 0 saturated carbocycles. The third-order valence-electron chi connectivity index (χ3n) is 3.35. The third kappa shape index (κ3) is 4.41. The fourth-order valence-electron chi connectivity index (χ4n) is 1.99. The van der Waals surface area contributed by atoms with Gasteiger partial charge >= 0.3 is 0 Å². The van der Waals surface area contributed by atoms with Gasteiger partial charge in [0.15, 0.2) is 5.82 Å². The lowest BCUT2D eigenvalue weighted by Crippen LogP contribution is -2.15. The minimum Gasteiger partial charge on any atom is -0.339 e. The fraction of sp³-hybridized carbons (Fsp3) is 0.857. The maximum Gasteiger partial charge on any atom is 0.226 e. The van der Waals surface area contributed by atoms with Crippen LogP contribution in [0.4, 0.5) is 0 Å². The molecule has 2 N–H and O–H groups in total. The van der Waals surface area contributed by atoms with E-state index < -0.39 is 0 Å². The lowest BCUT2D eigenvalue weighted by molar-refractivity contribution is 0.311. The predicted octanol–water partition coefficient (Wildman–Crippen LogP) is 2.92. The minimum absolute atomic E-state index is 0.0452. The molecule has 1 aromatic heterocycles. The molecule has 18 heavy (non-hydrogen) atoms. The molecule has 1 rings (SSSR count). The maximum atomic E-state index is 5.65. The number of aryl methyl sites for hydroxylation is 1. The largest absolute Gasteiger partial charge is 0.339 e. The molecule has 0 spiro atoms. The fourth-order valence-corrected chi connectivity index (χ4v) is 1.99. The first kappa shape index (κ1) is 15.2. The van der Waals surface area contributed by atoms with Gasteiger partial charge in [-0.3, -0.25) is 0 Å². The van der Waals surface area contributed by atoms with Crippen molar-refractivity contribution >= 4 is 0 Å². The Morgan fingerprint density at radius 2 is 1.89 bits per heavy atom. The Balaban J connectivity index is 2.55. The summed E-state index contributed by atoms with van der Waals surface area (Å²) in [4.78, 5) is 4.46. The lowest BCUT2D eigenvalue weighted by atomic mass is 9.88. The summed E-state index contributed by atoms with van der Waals surface area (Å²) < 4.78 is 5.31. The summed E-state index contributed by atoms with van der Waals surface area (Å²) in [5.74, 6) is 2.83. The molecule has 1 atom stereocenters. The average molecular weight is 253 g/mol. The highest BCUT2D eigenvalue weighted by molar-refractivity contribution is 5.00. The smallest absolute Gasteiger partial charge is 0.226 e. The van der Waals surface area contributed by atoms with E-state index >= 15 is 0 Å². The van der Waals surface area contributed by atoms with E-state index in [1.54, 1.807) is 0 Å². The molecule has 0 saturated heterocycles. The first-order valence-corrected chi connectivity index (χ1v) is 6.87. The molecular formula is C14H27N3O. The summed E-state index contributed by atoms with van der Waals surface area (Å²) >= 11 is 0. The Bertz CT molecular complexity index is 352. The van der Waals surface area contributed by atoms with Crippen molar-refractivity contribution in [2.24, 2.45) is 17.6 Å². The molecule has 1 aromatic rings. The van der Waals surface area contributed by atoms with E-state index in [9.17, 15) is 0 Å². The number of aromatic nitrogens is 2. The molecule has 1 unspecified atom stereocenters. The van der Waals surface area contributed by atoms with Gasteiger partial charge in [0.2, 0.25) is 5.89 Å². The maximum absolute atomic E-state index is 5.65. The summed E-state index contributed by atoms with van der Waals surface area (Å²) in [5.41, 5.74) is 5.60. The van der Waals surface area contributed by atoms with Crippen molar-refractivity contribution in [2.75, 3.05) is 6.54 Å². The van der Waals surface area contributed by atoms with E-state index in [2.05, 4.69) is 44.8 Å². The Morgan fingerprint density at radius 3 is 2.33 bits per heavy atom. The number of nitrogens with two attached hydrogens (primary N) is 1. The summed E-state index contributed by atoms with van der Waals surface area (Å²) in [6.07, 6.45) is 2.99. The molecule has 0 aliphatic carbocycles. The highest BCUT2D eigenvalue weighted by Gasteiger charge is 2.21. The Kier molecular flexibility index (Phi) is 5.32. The van der Waals surface area contributed by atoms with Gasteiger partial charge in [0.25, 0.3) is 0 Å². The van der Waals surface area contributed by atoms with Gasteiger partial charge in [-0.2, -0.15) is 4.98 Å². The molecule has 0 aromatic carbocycles. The summed E-state index contributed by atoms with van der Waals surface area (Å²) in [6, 6.07) is 0.